The van der Waals surface area contributed by atoms with Crippen LogP contribution in [0.15, 0.2) is 36.5 Å². The standard InChI is InChI=1S/C18H21N3O3/c1-12-6-5-7-16-20-13(11-21(12)16)10-19-14-8-9-15(22-2)18(24-4)17(14)23-3/h5-9,11,19H,10H2,1-4H3. The average Bonchev–Trinajstić information content (AvgIpc) is 3.03. The largest absolute Gasteiger partial charge is 0.493 e. The van der Waals surface area contributed by atoms with Crippen molar-refractivity contribution in [2.45, 2.75) is 13.5 Å². The Morgan fingerprint density at radius 2 is 1.79 bits per heavy atom. The Labute approximate surface area is 141 Å². The molecule has 6 heteroatoms. The molecule has 1 aromatic carbocycles. The first-order valence-electron chi connectivity index (χ1n) is 7.64. The van der Waals surface area contributed by atoms with Crippen LogP contribution in [0.25, 0.3) is 5.65 Å². The van der Waals surface area contributed by atoms with Crippen molar-refractivity contribution in [3.05, 3.63) is 47.9 Å². The van der Waals surface area contributed by atoms with Crippen LogP contribution < -0.4 is 19.5 Å². The van der Waals surface area contributed by atoms with Crippen molar-refractivity contribution in [3.63, 3.8) is 0 Å². The highest BCUT2D eigenvalue weighted by atomic mass is 16.5. The molecule has 3 aromatic rings. The Kier molecular flexibility index (Phi) is 4.46. The lowest BCUT2D eigenvalue weighted by Crippen LogP contribution is -2.03. The van der Waals surface area contributed by atoms with E-state index >= 15 is 0 Å². The Bertz CT molecular complexity index is 858. The summed E-state index contributed by atoms with van der Waals surface area (Å²) in [6.07, 6.45) is 2.03. The van der Waals surface area contributed by atoms with Crippen LogP contribution in [0.5, 0.6) is 17.2 Å². The van der Waals surface area contributed by atoms with Crippen molar-refractivity contribution < 1.29 is 14.2 Å². The number of aromatic nitrogens is 2. The maximum Gasteiger partial charge on any atom is 0.205 e. The zero-order valence-electron chi connectivity index (χ0n) is 14.3. The predicted octanol–water partition coefficient (Wildman–Crippen LogP) is 3.28. The predicted molar refractivity (Wildman–Crippen MR) is 93.4 cm³/mol. The lowest BCUT2D eigenvalue weighted by Gasteiger charge is -2.16. The summed E-state index contributed by atoms with van der Waals surface area (Å²) in [4.78, 5) is 4.62. The molecule has 0 fully saturated rings. The molecule has 6 nitrogen and oxygen atoms in total. The van der Waals surface area contributed by atoms with Gasteiger partial charge in [0.2, 0.25) is 5.75 Å². The van der Waals surface area contributed by atoms with E-state index in [4.69, 9.17) is 14.2 Å². The number of ether oxygens (including phenoxy) is 3. The van der Waals surface area contributed by atoms with Crippen LogP contribution in [0.4, 0.5) is 5.69 Å². The fourth-order valence-corrected chi connectivity index (χ4v) is 2.71. The number of anilines is 1. The molecule has 0 unspecified atom stereocenters. The highest BCUT2D eigenvalue weighted by molar-refractivity contribution is 5.68. The first-order chi connectivity index (χ1) is 11.7. The molecule has 0 atom stereocenters. The molecule has 1 N–H and O–H groups in total. The minimum absolute atomic E-state index is 0.566. The number of methoxy groups -OCH3 is 3. The molecular weight excluding hydrogens is 306 g/mol. The molecule has 3 rings (SSSR count). The first kappa shape index (κ1) is 16.0. The van der Waals surface area contributed by atoms with Crippen molar-refractivity contribution in [1.29, 1.82) is 0 Å². The van der Waals surface area contributed by atoms with Gasteiger partial charge >= 0.3 is 0 Å². The fraction of sp³-hybridized carbons (Fsp3) is 0.278. The van der Waals surface area contributed by atoms with Crippen molar-refractivity contribution >= 4 is 11.3 Å². The van der Waals surface area contributed by atoms with E-state index in [1.54, 1.807) is 21.3 Å². The van der Waals surface area contributed by atoms with Crippen molar-refractivity contribution in [2.75, 3.05) is 26.6 Å². The van der Waals surface area contributed by atoms with Gasteiger partial charge in [-0.15, -0.1) is 0 Å². The summed E-state index contributed by atoms with van der Waals surface area (Å²) in [6.45, 7) is 2.64. The van der Waals surface area contributed by atoms with E-state index in [1.807, 2.05) is 30.5 Å². The molecular formula is C18H21N3O3. The molecule has 0 bridgehead atoms. The summed E-state index contributed by atoms with van der Waals surface area (Å²) in [5.41, 5.74) is 3.85. The van der Waals surface area contributed by atoms with E-state index < -0.39 is 0 Å². The molecule has 0 spiro atoms. The average molecular weight is 327 g/mol. The summed E-state index contributed by atoms with van der Waals surface area (Å²) in [7, 11) is 4.80. The molecule has 24 heavy (non-hydrogen) atoms. The number of nitrogens with one attached hydrogen (secondary N) is 1. The summed E-state index contributed by atoms with van der Waals surface area (Å²) < 4.78 is 18.3. The third-order valence-corrected chi connectivity index (χ3v) is 3.91. The lowest BCUT2D eigenvalue weighted by atomic mass is 10.2. The molecule has 0 aliphatic rings. The van der Waals surface area contributed by atoms with E-state index in [1.165, 1.54) is 0 Å². The summed E-state index contributed by atoms with van der Waals surface area (Å²) in [5, 5.41) is 3.35. The molecule has 0 saturated carbocycles. The lowest BCUT2D eigenvalue weighted by molar-refractivity contribution is 0.325. The molecule has 126 valence electrons. The Balaban J connectivity index is 1.86. The van der Waals surface area contributed by atoms with E-state index in [-0.39, 0.29) is 0 Å². The number of imidazole rings is 1. The number of rotatable bonds is 6. The van der Waals surface area contributed by atoms with Gasteiger partial charge in [0.25, 0.3) is 0 Å². The Morgan fingerprint density at radius 1 is 1.00 bits per heavy atom. The highest BCUT2D eigenvalue weighted by Gasteiger charge is 2.16. The normalized spacial score (nSPS) is 10.7. The van der Waals surface area contributed by atoms with Gasteiger partial charge in [0.1, 0.15) is 5.65 Å². The molecule has 0 aliphatic carbocycles. The van der Waals surface area contributed by atoms with Crippen LogP contribution in [0.3, 0.4) is 0 Å². The minimum Gasteiger partial charge on any atom is -0.493 e. The van der Waals surface area contributed by atoms with Gasteiger partial charge in [-0.05, 0) is 31.2 Å². The molecule has 2 heterocycles. The number of hydrogen-bond donors (Lipinski definition) is 1. The maximum atomic E-state index is 5.48. The van der Waals surface area contributed by atoms with Gasteiger partial charge in [-0.3, -0.25) is 0 Å². The molecule has 0 radical (unpaired) electrons. The quantitative estimate of drug-likeness (QED) is 0.753. The van der Waals surface area contributed by atoms with Gasteiger partial charge in [0, 0.05) is 11.9 Å². The van der Waals surface area contributed by atoms with Crippen molar-refractivity contribution in [1.82, 2.24) is 9.38 Å². The topological polar surface area (TPSA) is 57.0 Å². The van der Waals surface area contributed by atoms with Gasteiger partial charge in [-0.1, -0.05) is 6.07 Å². The van der Waals surface area contributed by atoms with Crippen LogP contribution in [0, 0.1) is 6.92 Å². The van der Waals surface area contributed by atoms with Crippen LogP contribution in [0.1, 0.15) is 11.4 Å². The third-order valence-electron chi connectivity index (χ3n) is 3.91. The molecule has 2 aromatic heterocycles. The van der Waals surface area contributed by atoms with Crippen molar-refractivity contribution in [2.24, 2.45) is 0 Å². The van der Waals surface area contributed by atoms with Gasteiger partial charge in [-0.2, -0.15) is 0 Å². The van der Waals surface area contributed by atoms with Crippen molar-refractivity contribution in [3.8, 4) is 17.2 Å². The summed E-state index contributed by atoms with van der Waals surface area (Å²) in [6, 6.07) is 9.81. The van der Waals surface area contributed by atoms with Gasteiger partial charge in [-0.25, -0.2) is 4.98 Å². The Hall–Kier alpha value is -2.89. The minimum atomic E-state index is 0.566. The van der Waals surface area contributed by atoms with E-state index in [0.29, 0.717) is 23.8 Å². The van der Waals surface area contributed by atoms with Gasteiger partial charge in [0.05, 0.1) is 39.3 Å². The Morgan fingerprint density at radius 3 is 2.46 bits per heavy atom. The monoisotopic (exact) mass is 327 g/mol. The van der Waals surface area contributed by atoms with Crippen LogP contribution >= 0.6 is 0 Å². The van der Waals surface area contributed by atoms with Crippen LogP contribution in [-0.4, -0.2) is 30.7 Å². The summed E-state index contributed by atoms with van der Waals surface area (Å²) >= 11 is 0. The molecule has 0 saturated heterocycles. The van der Waals surface area contributed by atoms with Crippen LogP contribution in [0.2, 0.25) is 0 Å². The number of pyridine rings is 1. The van der Waals surface area contributed by atoms with E-state index in [2.05, 4.69) is 27.7 Å². The van der Waals surface area contributed by atoms with Gasteiger partial charge in [0.15, 0.2) is 11.5 Å². The second kappa shape index (κ2) is 6.70. The van der Waals surface area contributed by atoms with Gasteiger partial charge < -0.3 is 23.9 Å². The second-order valence-electron chi connectivity index (χ2n) is 5.36. The third kappa shape index (κ3) is 2.82. The number of benzene rings is 1. The smallest absolute Gasteiger partial charge is 0.205 e. The van der Waals surface area contributed by atoms with E-state index in [0.717, 1.165) is 22.7 Å². The summed E-state index contributed by atoms with van der Waals surface area (Å²) in [5.74, 6) is 1.80. The molecule has 0 amide bonds. The maximum absolute atomic E-state index is 5.48. The number of hydrogen-bond acceptors (Lipinski definition) is 5. The SMILES string of the molecule is COc1ccc(NCc2cn3c(C)cccc3n2)c(OC)c1OC. The number of fused-ring (bicyclic) bond motifs is 1. The van der Waals surface area contributed by atoms with Crippen LogP contribution in [-0.2, 0) is 6.54 Å². The number of nitrogens with zero attached hydrogens (tertiary/aromatic N) is 2. The van der Waals surface area contributed by atoms with E-state index in [9.17, 15) is 0 Å². The zero-order chi connectivity index (χ0) is 17.1. The zero-order valence-corrected chi connectivity index (χ0v) is 14.3. The molecule has 0 aliphatic heterocycles. The highest BCUT2D eigenvalue weighted by Crippen LogP contribution is 2.42. The fourth-order valence-electron chi connectivity index (χ4n) is 2.71. The second-order valence-corrected chi connectivity index (χ2v) is 5.36. The number of aryl methyl sites for hydroxylation is 1. The first-order valence-corrected chi connectivity index (χ1v) is 7.64.